The maximum atomic E-state index is 12.8. The zero-order chi connectivity index (χ0) is 16.8. The number of nitrogens with zero attached hydrogens (tertiary/aromatic N) is 1. The number of aryl methyl sites for hydroxylation is 2. The van der Waals surface area contributed by atoms with Gasteiger partial charge in [0.1, 0.15) is 5.82 Å². The van der Waals surface area contributed by atoms with Crippen LogP contribution in [0.2, 0.25) is 0 Å². The summed E-state index contributed by atoms with van der Waals surface area (Å²) in [6.07, 6.45) is 0. The molecule has 0 atom stereocenters. The van der Waals surface area contributed by atoms with Crippen LogP contribution in [-0.4, -0.2) is 18.2 Å². The summed E-state index contributed by atoms with van der Waals surface area (Å²) in [4.78, 5) is 11.8. The van der Waals surface area contributed by atoms with Crippen molar-refractivity contribution in [1.82, 2.24) is 5.43 Å². The highest BCUT2D eigenvalue weighted by atomic mass is 19.1. The van der Waals surface area contributed by atoms with Crippen LogP contribution in [0.5, 0.6) is 0 Å². The van der Waals surface area contributed by atoms with Gasteiger partial charge in [-0.1, -0.05) is 12.1 Å². The predicted molar refractivity (Wildman–Crippen MR) is 91.2 cm³/mol. The molecule has 0 spiro atoms. The Bertz CT molecular complexity index is 724. The highest BCUT2D eigenvalue weighted by molar-refractivity contribution is 5.99. The van der Waals surface area contributed by atoms with Gasteiger partial charge >= 0.3 is 0 Å². The molecule has 0 radical (unpaired) electrons. The normalized spacial score (nSPS) is 11.2. The van der Waals surface area contributed by atoms with Crippen molar-refractivity contribution in [2.75, 3.05) is 11.9 Å². The van der Waals surface area contributed by atoms with Gasteiger partial charge in [0.25, 0.3) is 5.91 Å². The number of anilines is 1. The number of carbonyl (C=O) groups is 1. The number of amides is 1. The van der Waals surface area contributed by atoms with E-state index in [2.05, 4.69) is 22.8 Å². The fourth-order valence-corrected chi connectivity index (χ4v) is 1.97. The lowest BCUT2D eigenvalue weighted by Gasteiger charge is -2.07. The molecule has 120 valence electrons. The summed E-state index contributed by atoms with van der Waals surface area (Å²) in [6, 6.07) is 11.9. The Morgan fingerprint density at radius 3 is 2.43 bits per heavy atom. The lowest BCUT2D eigenvalue weighted by molar-refractivity contribution is -0.119. The molecule has 0 heterocycles. The molecule has 2 aromatic rings. The minimum absolute atomic E-state index is 0.0648. The number of benzene rings is 2. The first kappa shape index (κ1) is 16.7. The monoisotopic (exact) mass is 313 g/mol. The van der Waals surface area contributed by atoms with Gasteiger partial charge in [-0.3, -0.25) is 4.79 Å². The Morgan fingerprint density at radius 1 is 1.09 bits per heavy atom. The van der Waals surface area contributed by atoms with E-state index in [0.717, 1.165) is 11.3 Å². The summed E-state index contributed by atoms with van der Waals surface area (Å²) in [7, 11) is 0. The fraction of sp³-hybridized carbons (Fsp3) is 0.222. The molecule has 0 aliphatic heterocycles. The van der Waals surface area contributed by atoms with E-state index in [1.54, 1.807) is 12.1 Å². The zero-order valence-electron chi connectivity index (χ0n) is 13.5. The van der Waals surface area contributed by atoms with E-state index in [-0.39, 0.29) is 18.3 Å². The Balaban J connectivity index is 1.89. The largest absolute Gasteiger partial charge is 0.376 e. The van der Waals surface area contributed by atoms with E-state index in [1.165, 1.54) is 23.3 Å². The van der Waals surface area contributed by atoms with E-state index in [0.29, 0.717) is 5.69 Å². The van der Waals surface area contributed by atoms with Crippen LogP contribution in [0.15, 0.2) is 47.6 Å². The molecule has 2 N–H and O–H groups in total. The number of nitrogens with one attached hydrogen (secondary N) is 2. The second-order valence-electron chi connectivity index (χ2n) is 5.39. The van der Waals surface area contributed by atoms with Crippen molar-refractivity contribution in [1.29, 1.82) is 0 Å². The van der Waals surface area contributed by atoms with Crippen LogP contribution in [0.3, 0.4) is 0 Å². The molecule has 2 aromatic carbocycles. The van der Waals surface area contributed by atoms with Crippen LogP contribution < -0.4 is 10.7 Å². The minimum atomic E-state index is -0.311. The van der Waals surface area contributed by atoms with Crippen molar-refractivity contribution in [2.45, 2.75) is 20.8 Å². The van der Waals surface area contributed by atoms with Crippen LogP contribution in [0.1, 0.15) is 23.6 Å². The molecule has 0 bridgehead atoms. The lowest BCUT2D eigenvalue weighted by atomic mass is 10.0. The first-order valence-corrected chi connectivity index (χ1v) is 7.36. The van der Waals surface area contributed by atoms with Crippen molar-refractivity contribution in [3.05, 3.63) is 65.0 Å². The standard InChI is InChI=1S/C18H20FN3O/c1-12-4-5-15(10-13(12)2)14(3)21-22-18(23)11-20-17-8-6-16(19)7-9-17/h4-10,20H,11H2,1-3H3,(H,22,23)/b21-14-. The molecule has 5 heteroatoms. The van der Waals surface area contributed by atoms with Gasteiger partial charge in [0.05, 0.1) is 12.3 Å². The first-order valence-electron chi connectivity index (χ1n) is 7.36. The average molecular weight is 313 g/mol. The Labute approximate surface area is 135 Å². The topological polar surface area (TPSA) is 53.5 Å². The molecule has 0 aromatic heterocycles. The molecule has 0 aliphatic carbocycles. The molecule has 2 rings (SSSR count). The number of rotatable bonds is 5. The van der Waals surface area contributed by atoms with E-state index in [1.807, 2.05) is 32.0 Å². The van der Waals surface area contributed by atoms with Gasteiger partial charge < -0.3 is 5.32 Å². The van der Waals surface area contributed by atoms with Gasteiger partial charge in [-0.2, -0.15) is 5.10 Å². The van der Waals surface area contributed by atoms with Crippen molar-refractivity contribution < 1.29 is 9.18 Å². The summed E-state index contributed by atoms with van der Waals surface area (Å²) in [5, 5.41) is 7.01. The van der Waals surface area contributed by atoms with Crippen LogP contribution in [-0.2, 0) is 4.79 Å². The average Bonchev–Trinajstić information content (AvgIpc) is 2.54. The molecule has 1 amide bonds. The van der Waals surface area contributed by atoms with Crippen LogP contribution >= 0.6 is 0 Å². The molecule has 0 aliphatic rings. The highest BCUT2D eigenvalue weighted by Gasteiger charge is 2.03. The maximum absolute atomic E-state index is 12.8. The molecule has 0 unspecified atom stereocenters. The summed E-state index contributed by atoms with van der Waals surface area (Å²) >= 11 is 0. The number of hydrazone groups is 1. The third-order valence-corrected chi connectivity index (χ3v) is 3.57. The molecule has 0 saturated heterocycles. The highest BCUT2D eigenvalue weighted by Crippen LogP contribution is 2.10. The predicted octanol–water partition coefficient (Wildman–Crippen LogP) is 3.39. The molecule has 0 saturated carbocycles. The van der Waals surface area contributed by atoms with Crippen molar-refractivity contribution in [2.24, 2.45) is 5.10 Å². The fourth-order valence-electron chi connectivity index (χ4n) is 1.97. The third-order valence-electron chi connectivity index (χ3n) is 3.57. The van der Waals surface area contributed by atoms with Gasteiger partial charge in [-0.25, -0.2) is 9.82 Å². The summed E-state index contributed by atoms with van der Waals surface area (Å²) in [6.45, 7) is 6.00. The Morgan fingerprint density at radius 2 is 1.78 bits per heavy atom. The van der Waals surface area contributed by atoms with Crippen molar-refractivity contribution in [3.63, 3.8) is 0 Å². The molecular weight excluding hydrogens is 293 g/mol. The second kappa shape index (κ2) is 7.54. The molecule has 0 fully saturated rings. The van der Waals surface area contributed by atoms with Gasteiger partial charge in [0, 0.05) is 5.69 Å². The third kappa shape index (κ3) is 4.92. The van der Waals surface area contributed by atoms with E-state index in [9.17, 15) is 9.18 Å². The van der Waals surface area contributed by atoms with Crippen molar-refractivity contribution >= 4 is 17.3 Å². The van der Waals surface area contributed by atoms with Crippen molar-refractivity contribution in [3.8, 4) is 0 Å². The SMILES string of the molecule is C/C(=N/NC(=O)CNc1ccc(F)cc1)c1ccc(C)c(C)c1. The number of hydrogen-bond donors (Lipinski definition) is 2. The smallest absolute Gasteiger partial charge is 0.259 e. The van der Waals surface area contributed by atoms with Gasteiger partial charge in [-0.15, -0.1) is 0 Å². The number of halogens is 1. The van der Waals surface area contributed by atoms with E-state index >= 15 is 0 Å². The quantitative estimate of drug-likeness (QED) is 0.656. The lowest BCUT2D eigenvalue weighted by Crippen LogP contribution is -2.26. The Kier molecular flexibility index (Phi) is 5.46. The summed E-state index contributed by atoms with van der Waals surface area (Å²) < 4.78 is 12.8. The summed E-state index contributed by atoms with van der Waals surface area (Å²) in [5.74, 6) is -0.578. The number of hydrogen-bond acceptors (Lipinski definition) is 3. The van der Waals surface area contributed by atoms with Gasteiger partial charge in [-0.05, 0) is 67.8 Å². The van der Waals surface area contributed by atoms with Crippen LogP contribution in [0.25, 0.3) is 0 Å². The first-order chi connectivity index (χ1) is 11.0. The maximum Gasteiger partial charge on any atom is 0.259 e. The molecule has 23 heavy (non-hydrogen) atoms. The van der Waals surface area contributed by atoms with E-state index < -0.39 is 0 Å². The second-order valence-corrected chi connectivity index (χ2v) is 5.39. The minimum Gasteiger partial charge on any atom is -0.376 e. The Hall–Kier alpha value is -2.69. The van der Waals surface area contributed by atoms with Crippen LogP contribution in [0.4, 0.5) is 10.1 Å². The van der Waals surface area contributed by atoms with Crippen LogP contribution in [0, 0.1) is 19.7 Å². The number of carbonyl (C=O) groups excluding carboxylic acids is 1. The van der Waals surface area contributed by atoms with E-state index in [4.69, 9.17) is 0 Å². The zero-order valence-corrected chi connectivity index (χ0v) is 13.5. The molecule has 4 nitrogen and oxygen atoms in total. The molecular formula is C18H20FN3O. The van der Waals surface area contributed by atoms with Gasteiger partial charge in [0.15, 0.2) is 0 Å². The van der Waals surface area contributed by atoms with Gasteiger partial charge in [0.2, 0.25) is 0 Å². The summed E-state index contributed by atoms with van der Waals surface area (Å²) in [5.41, 5.74) is 7.30.